The molecule has 0 aliphatic carbocycles. The van der Waals surface area contributed by atoms with E-state index in [0.717, 1.165) is 42.9 Å². The van der Waals surface area contributed by atoms with Crippen LogP contribution in [0.25, 0.3) is 64.9 Å². The summed E-state index contributed by atoms with van der Waals surface area (Å²) in [6.45, 7) is 13.5. The zero-order valence-corrected chi connectivity index (χ0v) is 34.3. The van der Waals surface area contributed by atoms with Crippen molar-refractivity contribution in [2.24, 2.45) is 0 Å². The van der Waals surface area contributed by atoms with Crippen LogP contribution in [0.1, 0.15) is 16.7 Å². The second kappa shape index (κ2) is 15.6. The molecule has 52 heavy (non-hydrogen) atoms. The molecular weight excluding hydrogens is 852 g/mol. The van der Waals surface area contributed by atoms with Crippen LogP contribution < -0.4 is 5.19 Å². The van der Waals surface area contributed by atoms with Crippen molar-refractivity contribution >= 4 is 44.8 Å². The predicted octanol–water partition coefficient (Wildman–Crippen LogP) is 12.4. The zero-order valence-electron chi connectivity index (χ0n) is 30.1. The van der Waals surface area contributed by atoms with E-state index in [0.29, 0.717) is 5.39 Å². The van der Waals surface area contributed by atoms with Crippen LogP contribution >= 0.6 is 11.3 Å². The number of fused-ring (bicyclic) bond motifs is 3. The van der Waals surface area contributed by atoms with Crippen LogP contribution in [0.15, 0.2) is 128 Å². The summed E-state index contributed by atoms with van der Waals surface area (Å²) in [6.07, 6.45) is 3.91. The number of rotatable bonds is 5. The topological polar surface area (TPSA) is 25.8 Å². The molecule has 0 atom stereocenters. The number of benzene rings is 5. The Hall–Kier alpha value is -4.58. The van der Waals surface area contributed by atoms with Crippen LogP contribution in [0.5, 0.6) is 0 Å². The van der Waals surface area contributed by atoms with Gasteiger partial charge in [0.2, 0.25) is 0 Å². The largest absolute Gasteiger partial charge is 0.305 e. The van der Waals surface area contributed by atoms with Crippen molar-refractivity contribution in [1.82, 2.24) is 9.97 Å². The number of thiophene rings is 1. The van der Waals surface area contributed by atoms with Gasteiger partial charge in [0, 0.05) is 43.0 Å². The standard InChI is InChI=1S/C26H19FNS.C20H20NSi.Ir/c1-15-12-16(2)24(17(3)13-15)18-10-11-28-22(14-18)19-8-9-21(27)25-20-6-4-5-7-23(20)29-26(19)25;1-22(2,3)20-15-21-19(17-12-8-5-9-13-17)14-18(20)16-10-6-4-7-11-16;/h4-7,9-14H,1-3H3;4-12,14-15H,1-3H3;/q2*-1;. The van der Waals surface area contributed by atoms with Gasteiger partial charge in [-0.05, 0) is 98.3 Å². The Balaban J connectivity index is 0.000000182. The van der Waals surface area contributed by atoms with E-state index in [1.807, 2.05) is 54.7 Å². The molecular formula is C46H39FIrN2SSi-2. The van der Waals surface area contributed by atoms with Gasteiger partial charge in [0.15, 0.2) is 0 Å². The summed E-state index contributed by atoms with van der Waals surface area (Å²) in [5.74, 6) is -0.234. The fraction of sp³-hybridized carbons (Fsp3) is 0.130. The zero-order chi connectivity index (χ0) is 35.7. The number of halogens is 1. The summed E-state index contributed by atoms with van der Waals surface area (Å²) in [5.41, 5.74) is 12.4. The van der Waals surface area contributed by atoms with Gasteiger partial charge in [-0.1, -0.05) is 98.0 Å². The molecule has 0 fully saturated rings. The van der Waals surface area contributed by atoms with Gasteiger partial charge in [-0.25, -0.2) is 0 Å². The summed E-state index contributed by atoms with van der Waals surface area (Å²) >= 11 is 1.60. The molecule has 0 spiro atoms. The van der Waals surface area contributed by atoms with Crippen molar-refractivity contribution in [3.8, 4) is 44.8 Å². The molecule has 0 aliphatic rings. The molecule has 3 heterocycles. The first-order valence-electron chi connectivity index (χ1n) is 17.2. The quantitative estimate of drug-likeness (QED) is 0.127. The minimum Gasteiger partial charge on any atom is -0.305 e. The Labute approximate surface area is 324 Å². The van der Waals surface area contributed by atoms with E-state index in [1.54, 1.807) is 11.3 Å². The fourth-order valence-corrected chi connectivity index (χ4v) is 9.59. The van der Waals surface area contributed by atoms with Gasteiger partial charge in [-0.2, -0.15) is 11.3 Å². The average Bonchev–Trinajstić information content (AvgIpc) is 3.52. The Kier molecular flexibility index (Phi) is 11.1. The van der Waals surface area contributed by atoms with Crippen molar-refractivity contribution in [2.45, 2.75) is 40.4 Å². The first-order valence-corrected chi connectivity index (χ1v) is 21.5. The molecule has 8 aromatic rings. The monoisotopic (exact) mass is 891 g/mol. The van der Waals surface area contributed by atoms with E-state index in [-0.39, 0.29) is 25.9 Å². The molecule has 0 saturated heterocycles. The Morgan fingerprint density at radius 2 is 1.42 bits per heavy atom. The van der Waals surface area contributed by atoms with Crippen LogP contribution in [0.2, 0.25) is 19.6 Å². The van der Waals surface area contributed by atoms with Crippen molar-refractivity contribution in [2.75, 3.05) is 0 Å². The second-order valence-corrected chi connectivity index (χ2v) is 20.1. The van der Waals surface area contributed by atoms with Gasteiger partial charge in [0.1, 0.15) is 0 Å². The summed E-state index contributed by atoms with van der Waals surface area (Å²) in [7, 11) is -1.46. The number of hydrogen-bond acceptors (Lipinski definition) is 3. The fourth-order valence-electron chi connectivity index (χ4n) is 6.89. The van der Waals surface area contributed by atoms with Crippen molar-refractivity contribution in [1.29, 1.82) is 0 Å². The molecule has 0 unspecified atom stereocenters. The van der Waals surface area contributed by atoms with Crippen LogP contribution in [0, 0.1) is 38.7 Å². The molecule has 2 nitrogen and oxygen atoms in total. The average molecular weight is 891 g/mol. The minimum atomic E-state index is -1.46. The van der Waals surface area contributed by atoms with Crippen LogP contribution in [0.3, 0.4) is 0 Å². The molecule has 0 bridgehead atoms. The molecule has 0 N–H and O–H groups in total. The van der Waals surface area contributed by atoms with Gasteiger partial charge in [-0.3, -0.25) is 4.39 Å². The SMILES string of the molecule is C[Si](C)(C)c1cnc(-c2[c-]cccc2)cc1-c1ccccc1.Cc1cc(C)c(-c2ccnc(-c3[c-]cc(F)c4c3sc3ccccc34)c2)c(C)c1.[Ir]. The molecule has 6 heteroatoms. The molecule has 261 valence electrons. The minimum absolute atomic E-state index is 0. The normalized spacial score (nSPS) is 11.2. The van der Waals surface area contributed by atoms with E-state index in [9.17, 15) is 4.39 Å². The molecule has 1 radical (unpaired) electrons. The first kappa shape index (κ1) is 37.2. The van der Waals surface area contributed by atoms with Gasteiger partial charge in [0.05, 0.1) is 8.07 Å². The maximum atomic E-state index is 14.7. The van der Waals surface area contributed by atoms with Crippen LogP contribution in [0.4, 0.5) is 4.39 Å². The van der Waals surface area contributed by atoms with E-state index in [1.165, 1.54) is 44.6 Å². The van der Waals surface area contributed by atoms with E-state index in [2.05, 4.69) is 124 Å². The molecule has 3 aromatic heterocycles. The van der Waals surface area contributed by atoms with E-state index in [4.69, 9.17) is 4.98 Å². The second-order valence-electron chi connectivity index (χ2n) is 14.0. The van der Waals surface area contributed by atoms with Gasteiger partial charge < -0.3 is 9.97 Å². The smallest absolute Gasteiger partial charge is 0.0803 e. The summed E-state index contributed by atoms with van der Waals surface area (Å²) < 4.78 is 16.7. The third-order valence-corrected chi connectivity index (χ3v) is 12.4. The molecule has 0 aliphatic heterocycles. The van der Waals surface area contributed by atoms with Gasteiger partial charge in [0.25, 0.3) is 0 Å². The summed E-state index contributed by atoms with van der Waals surface area (Å²) in [6, 6.07) is 45.2. The third kappa shape index (κ3) is 7.62. The number of nitrogens with zero attached hydrogens (tertiary/aromatic N) is 2. The van der Waals surface area contributed by atoms with Crippen LogP contribution in [-0.4, -0.2) is 18.0 Å². The van der Waals surface area contributed by atoms with Crippen molar-refractivity contribution < 1.29 is 24.5 Å². The van der Waals surface area contributed by atoms with Gasteiger partial charge in [-0.15, -0.1) is 53.6 Å². The third-order valence-electron chi connectivity index (χ3n) is 9.17. The number of aryl methyl sites for hydroxylation is 3. The number of aromatic nitrogens is 2. The molecule has 0 amide bonds. The summed E-state index contributed by atoms with van der Waals surface area (Å²) in [5, 5.41) is 3.01. The van der Waals surface area contributed by atoms with Gasteiger partial charge >= 0.3 is 0 Å². The maximum absolute atomic E-state index is 14.7. The van der Waals surface area contributed by atoms with E-state index >= 15 is 0 Å². The van der Waals surface area contributed by atoms with E-state index < -0.39 is 8.07 Å². The summed E-state index contributed by atoms with van der Waals surface area (Å²) in [4.78, 5) is 9.32. The molecule has 0 saturated carbocycles. The first-order chi connectivity index (χ1) is 24.6. The molecule has 8 rings (SSSR count). The van der Waals surface area contributed by atoms with Crippen molar-refractivity contribution in [3.63, 3.8) is 0 Å². The number of pyridine rings is 2. The Morgan fingerprint density at radius 1 is 0.712 bits per heavy atom. The Bertz CT molecular complexity index is 2480. The molecule has 5 aromatic carbocycles. The van der Waals surface area contributed by atoms with Crippen molar-refractivity contribution in [3.05, 3.63) is 162 Å². The number of hydrogen-bond donors (Lipinski definition) is 0. The predicted molar refractivity (Wildman–Crippen MR) is 218 cm³/mol. The van der Waals surface area contributed by atoms with Crippen LogP contribution in [-0.2, 0) is 20.1 Å². The Morgan fingerprint density at radius 3 is 2.13 bits per heavy atom. The maximum Gasteiger partial charge on any atom is 0.0803 e.